The first-order valence-corrected chi connectivity index (χ1v) is 3.31. The van der Waals surface area contributed by atoms with Gasteiger partial charge < -0.3 is 15.6 Å². The highest BCUT2D eigenvalue weighted by atomic mass is 16.6. The Bertz CT molecular complexity index is 133. The molecule has 1 fully saturated rings. The maximum atomic E-state index is 10.2. The molecule has 4 nitrogen and oxygen atoms in total. The Hall–Kier alpha value is -0.770. The van der Waals surface area contributed by atoms with E-state index in [0.29, 0.717) is 5.92 Å². The van der Waals surface area contributed by atoms with Crippen molar-refractivity contribution in [3.05, 3.63) is 0 Å². The monoisotopic (exact) mass is 145 g/mol. The van der Waals surface area contributed by atoms with Crippen LogP contribution in [-0.2, 0) is 4.74 Å². The fourth-order valence-electron chi connectivity index (χ4n) is 0.900. The summed E-state index contributed by atoms with van der Waals surface area (Å²) < 4.78 is 4.61. The van der Waals surface area contributed by atoms with Crippen LogP contribution < -0.4 is 5.73 Å². The van der Waals surface area contributed by atoms with Crippen LogP contribution in [0, 0.1) is 5.92 Å². The van der Waals surface area contributed by atoms with Gasteiger partial charge in [-0.05, 0) is 18.8 Å². The molecule has 0 radical (unpaired) electrons. The standard InChI is InChI=1S/C6H11NO3/c7-6(9)10-5(3-8)4-1-2-4/h4-5,8H,1-3H2,(H2,7,9)/t5-/m0/s1. The lowest BCUT2D eigenvalue weighted by Crippen LogP contribution is -2.27. The van der Waals surface area contributed by atoms with Gasteiger partial charge in [0.2, 0.25) is 0 Å². The van der Waals surface area contributed by atoms with Crippen molar-refractivity contribution in [3.8, 4) is 0 Å². The molecule has 10 heavy (non-hydrogen) atoms. The highest BCUT2D eigenvalue weighted by molar-refractivity contribution is 5.64. The van der Waals surface area contributed by atoms with E-state index < -0.39 is 6.09 Å². The minimum Gasteiger partial charge on any atom is -0.444 e. The summed E-state index contributed by atoms with van der Waals surface area (Å²) in [4.78, 5) is 10.2. The number of aliphatic hydroxyl groups is 1. The molecule has 1 amide bonds. The third-order valence-corrected chi connectivity index (χ3v) is 1.60. The van der Waals surface area contributed by atoms with Crippen LogP contribution in [0.15, 0.2) is 0 Å². The molecule has 1 rings (SSSR count). The maximum absolute atomic E-state index is 10.2. The minimum atomic E-state index is -0.800. The summed E-state index contributed by atoms with van der Waals surface area (Å²) in [6.07, 6.45) is 0.889. The number of rotatable bonds is 3. The molecule has 3 N–H and O–H groups in total. The van der Waals surface area contributed by atoms with Gasteiger partial charge in [-0.25, -0.2) is 4.79 Å². The Balaban J connectivity index is 2.25. The summed E-state index contributed by atoms with van der Waals surface area (Å²) in [5.74, 6) is 0.345. The van der Waals surface area contributed by atoms with Crippen molar-refractivity contribution in [3.63, 3.8) is 0 Å². The predicted octanol–water partition coefficient (Wildman–Crippen LogP) is -0.147. The van der Waals surface area contributed by atoms with E-state index in [-0.39, 0.29) is 12.7 Å². The Morgan fingerprint density at radius 1 is 1.80 bits per heavy atom. The first kappa shape index (κ1) is 7.34. The normalized spacial score (nSPS) is 20.1. The molecule has 0 aromatic rings. The molecule has 0 heterocycles. The van der Waals surface area contributed by atoms with E-state index in [4.69, 9.17) is 10.8 Å². The van der Waals surface area contributed by atoms with Gasteiger partial charge in [0, 0.05) is 0 Å². The second-order valence-corrected chi connectivity index (χ2v) is 2.50. The zero-order valence-electron chi connectivity index (χ0n) is 5.62. The Morgan fingerprint density at radius 3 is 2.70 bits per heavy atom. The number of hydrogen-bond donors (Lipinski definition) is 2. The highest BCUT2D eigenvalue weighted by Gasteiger charge is 2.32. The van der Waals surface area contributed by atoms with E-state index in [1.807, 2.05) is 0 Å². The van der Waals surface area contributed by atoms with Crippen LogP contribution in [0.1, 0.15) is 12.8 Å². The van der Waals surface area contributed by atoms with E-state index >= 15 is 0 Å². The number of hydrogen-bond acceptors (Lipinski definition) is 3. The maximum Gasteiger partial charge on any atom is 0.404 e. The summed E-state index contributed by atoms with van der Waals surface area (Å²) >= 11 is 0. The number of primary amides is 1. The molecule has 1 atom stereocenters. The molecule has 0 unspecified atom stereocenters. The SMILES string of the molecule is NC(=O)O[C@@H](CO)C1CC1. The topological polar surface area (TPSA) is 72.6 Å². The number of aliphatic hydroxyl groups excluding tert-OH is 1. The molecule has 1 aliphatic rings. The van der Waals surface area contributed by atoms with Gasteiger partial charge in [0.1, 0.15) is 6.10 Å². The summed E-state index contributed by atoms with van der Waals surface area (Å²) in [6, 6.07) is 0. The van der Waals surface area contributed by atoms with Gasteiger partial charge in [-0.15, -0.1) is 0 Å². The molecule has 0 aromatic carbocycles. The fraction of sp³-hybridized carbons (Fsp3) is 0.833. The molecule has 1 saturated carbocycles. The zero-order valence-corrected chi connectivity index (χ0v) is 5.62. The van der Waals surface area contributed by atoms with Crippen molar-refractivity contribution in [1.82, 2.24) is 0 Å². The second-order valence-electron chi connectivity index (χ2n) is 2.50. The van der Waals surface area contributed by atoms with Crippen molar-refractivity contribution in [1.29, 1.82) is 0 Å². The lowest BCUT2D eigenvalue weighted by Gasteiger charge is -2.11. The molecular formula is C6H11NO3. The van der Waals surface area contributed by atoms with Crippen LogP contribution in [0.5, 0.6) is 0 Å². The summed E-state index contributed by atoms with van der Waals surface area (Å²) in [7, 11) is 0. The van der Waals surface area contributed by atoms with Crippen LogP contribution in [0.4, 0.5) is 4.79 Å². The third-order valence-electron chi connectivity index (χ3n) is 1.60. The van der Waals surface area contributed by atoms with Gasteiger partial charge in [-0.3, -0.25) is 0 Å². The molecule has 0 spiro atoms. The molecule has 0 bridgehead atoms. The Kier molecular flexibility index (Phi) is 2.11. The molecule has 58 valence electrons. The molecule has 0 saturated heterocycles. The second kappa shape index (κ2) is 2.88. The number of carbonyl (C=O) groups is 1. The summed E-state index contributed by atoms with van der Waals surface area (Å²) in [6.45, 7) is -0.117. The number of carbonyl (C=O) groups excluding carboxylic acids is 1. The highest BCUT2D eigenvalue weighted by Crippen LogP contribution is 2.33. The van der Waals surface area contributed by atoms with Crippen molar-refractivity contribution in [2.75, 3.05) is 6.61 Å². The van der Waals surface area contributed by atoms with Crippen LogP contribution >= 0.6 is 0 Å². The van der Waals surface area contributed by atoms with Crippen LogP contribution in [0.3, 0.4) is 0 Å². The number of nitrogens with two attached hydrogens (primary N) is 1. The minimum absolute atomic E-state index is 0.117. The van der Waals surface area contributed by atoms with Crippen molar-refractivity contribution < 1.29 is 14.6 Å². The van der Waals surface area contributed by atoms with Crippen molar-refractivity contribution in [2.45, 2.75) is 18.9 Å². The van der Waals surface area contributed by atoms with Crippen molar-refractivity contribution in [2.24, 2.45) is 11.7 Å². The quantitative estimate of drug-likeness (QED) is 0.580. The average molecular weight is 145 g/mol. The van der Waals surface area contributed by atoms with E-state index in [9.17, 15) is 4.79 Å². The number of amides is 1. The van der Waals surface area contributed by atoms with Crippen LogP contribution in [0.2, 0.25) is 0 Å². The summed E-state index contributed by atoms with van der Waals surface area (Å²) in [5.41, 5.74) is 4.76. The molecule has 1 aliphatic carbocycles. The number of ether oxygens (including phenoxy) is 1. The first-order chi connectivity index (χ1) is 4.74. The lowest BCUT2D eigenvalue weighted by atomic mass is 10.2. The van der Waals surface area contributed by atoms with Gasteiger partial charge in [0.25, 0.3) is 0 Å². The van der Waals surface area contributed by atoms with Gasteiger partial charge in [-0.2, -0.15) is 0 Å². The predicted molar refractivity (Wildman–Crippen MR) is 34.3 cm³/mol. The van der Waals surface area contributed by atoms with Crippen LogP contribution in [0.25, 0.3) is 0 Å². The van der Waals surface area contributed by atoms with E-state index in [1.165, 1.54) is 0 Å². The van der Waals surface area contributed by atoms with Crippen LogP contribution in [-0.4, -0.2) is 23.9 Å². The molecule has 0 aromatic heterocycles. The zero-order chi connectivity index (χ0) is 7.56. The Morgan fingerprint density at radius 2 is 2.40 bits per heavy atom. The third kappa shape index (κ3) is 1.88. The first-order valence-electron chi connectivity index (χ1n) is 3.31. The van der Waals surface area contributed by atoms with Gasteiger partial charge in [0.15, 0.2) is 0 Å². The smallest absolute Gasteiger partial charge is 0.404 e. The van der Waals surface area contributed by atoms with E-state index in [1.54, 1.807) is 0 Å². The molecule has 0 aliphatic heterocycles. The Labute approximate surface area is 59.0 Å². The van der Waals surface area contributed by atoms with E-state index in [2.05, 4.69) is 4.74 Å². The van der Waals surface area contributed by atoms with E-state index in [0.717, 1.165) is 12.8 Å². The largest absolute Gasteiger partial charge is 0.444 e. The van der Waals surface area contributed by atoms with Gasteiger partial charge in [0.05, 0.1) is 6.61 Å². The molecular weight excluding hydrogens is 134 g/mol. The van der Waals surface area contributed by atoms with Crippen molar-refractivity contribution >= 4 is 6.09 Å². The van der Waals surface area contributed by atoms with Gasteiger partial charge >= 0.3 is 6.09 Å². The fourth-order valence-corrected chi connectivity index (χ4v) is 0.900. The lowest BCUT2D eigenvalue weighted by molar-refractivity contribution is 0.0507. The summed E-state index contributed by atoms with van der Waals surface area (Å²) in [5, 5.41) is 8.65. The average Bonchev–Trinajstić information content (AvgIpc) is 2.63. The van der Waals surface area contributed by atoms with Gasteiger partial charge in [-0.1, -0.05) is 0 Å². The molecule has 4 heteroatoms.